The lowest BCUT2D eigenvalue weighted by Gasteiger charge is -2.40. The van der Waals surface area contributed by atoms with Gasteiger partial charge in [-0.15, -0.1) is 0 Å². The summed E-state index contributed by atoms with van der Waals surface area (Å²) in [5, 5.41) is 54.0. The van der Waals surface area contributed by atoms with E-state index in [0.717, 1.165) is 38.5 Å². The van der Waals surface area contributed by atoms with Crippen LogP contribution in [0.5, 0.6) is 0 Å². The number of hydrogen-bond donors (Lipinski definition) is 6. The molecular weight excluding hydrogens is 646 g/mol. The number of carbonyl (C=O) groups is 1. The van der Waals surface area contributed by atoms with Crippen molar-refractivity contribution in [2.75, 3.05) is 13.2 Å². The van der Waals surface area contributed by atoms with Gasteiger partial charge in [-0.05, 0) is 32.1 Å². The van der Waals surface area contributed by atoms with E-state index in [4.69, 9.17) is 9.47 Å². The number of allylic oxidation sites excluding steroid dienone is 3. The van der Waals surface area contributed by atoms with Gasteiger partial charge in [-0.3, -0.25) is 4.79 Å². The summed E-state index contributed by atoms with van der Waals surface area (Å²) < 4.78 is 11.2. The molecule has 1 amide bonds. The number of ether oxygens (including phenoxy) is 2. The molecule has 0 aromatic heterocycles. The Kier molecular flexibility index (Phi) is 31.1. The second-order valence-corrected chi connectivity index (χ2v) is 14.8. The molecule has 9 nitrogen and oxygen atoms in total. The van der Waals surface area contributed by atoms with Crippen molar-refractivity contribution >= 4 is 5.91 Å². The van der Waals surface area contributed by atoms with E-state index in [1.807, 2.05) is 6.08 Å². The number of aliphatic hydroxyl groups is 5. The summed E-state index contributed by atoms with van der Waals surface area (Å²) in [4.78, 5) is 12.9. The van der Waals surface area contributed by atoms with Gasteiger partial charge >= 0.3 is 0 Å². The number of aliphatic hydroxyl groups excluding tert-OH is 5. The summed E-state index contributed by atoms with van der Waals surface area (Å²) in [5.74, 6) is -0.188. The lowest BCUT2D eigenvalue weighted by atomic mass is 9.99. The molecule has 1 heterocycles. The molecule has 51 heavy (non-hydrogen) atoms. The summed E-state index contributed by atoms with van der Waals surface area (Å²) in [6, 6.07) is -0.815. The molecular formula is C42H79NO8. The first-order valence-corrected chi connectivity index (χ1v) is 21.1. The highest BCUT2D eigenvalue weighted by atomic mass is 16.7. The zero-order valence-electron chi connectivity index (χ0n) is 32.6. The van der Waals surface area contributed by atoms with E-state index < -0.39 is 49.5 Å². The molecule has 9 heteroatoms. The van der Waals surface area contributed by atoms with E-state index in [0.29, 0.717) is 6.42 Å². The van der Waals surface area contributed by atoms with Gasteiger partial charge in [0.1, 0.15) is 24.4 Å². The van der Waals surface area contributed by atoms with Crippen LogP contribution in [0.4, 0.5) is 0 Å². The number of hydrogen-bond acceptors (Lipinski definition) is 8. The Balaban J connectivity index is 2.44. The Hall–Kier alpha value is -1.33. The molecule has 1 saturated heterocycles. The van der Waals surface area contributed by atoms with Crippen LogP contribution in [0.1, 0.15) is 181 Å². The summed E-state index contributed by atoms with van der Waals surface area (Å²) in [6.07, 6.45) is 30.8. The van der Waals surface area contributed by atoms with Crippen molar-refractivity contribution in [1.82, 2.24) is 5.32 Å². The fourth-order valence-electron chi connectivity index (χ4n) is 6.58. The van der Waals surface area contributed by atoms with Crippen molar-refractivity contribution in [3.63, 3.8) is 0 Å². The van der Waals surface area contributed by atoms with Crippen LogP contribution in [-0.4, -0.2) is 87.5 Å². The number of unbranched alkanes of at least 4 members (excludes halogenated alkanes) is 22. The van der Waals surface area contributed by atoms with Crippen molar-refractivity contribution in [2.24, 2.45) is 0 Å². The predicted octanol–water partition coefficient (Wildman–Crippen LogP) is 7.94. The van der Waals surface area contributed by atoms with E-state index in [9.17, 15) is 30.3 Å². The third-order valence-electron chi connectivity index (χ3n) is 10.0. The molecule has 0 radical (unpaired) electrons. The van der Waals surface area contributed by atoms with Gasteiger partial charge in [0.15, 0.2) is 6.29 Å². The quantitative estimate of drug-likeness (QED) is 0.0289. The Morgan fingerprint density at radius 2 is 1.12 bits per heavy atom. The molecule has 6 N–H and O–H groups in total. The molecule has 0 aliphatic carbocycles. The second-order valence-electron chi connectivity index (χ2n) is 14.8. The van der Waals surface area contributed by atoms with Crippen LogP contribution in [-0.2, 0) is 14.3 Å². The van der Waals surface area contributed by atoms with Crippen LogP contribution < -0.4 is 5.32 Å². The molecule has 1 rings (SSSR count). The Labute approximate surface area is 311 Å². The zero-order valence-corrected chi connectivity index (χ0v) is 32.6. The fraction of sp³-hybridized carbons (Fsp3) is 0.881. The maximum atomic E-state index is 12.9. The average molecular weight is 726 g/mol. The smallest absolute Gasteiger partial charge is 0.220 e. The van der Waals surface area contributed by atoms with Crippen molar-refractivity contribution in [1.29, 1.82) is 0 Å². The first-order valence-electron chi connectivity index (χ1n) is 21.1. The number of amides is 1. The highest BCUT2D eigenvalue weighted by molar-refractivity contribution is 5.76. The summed E-state index contributed by atoms with van der Waals surface area (Å²) in [7, 11) is 0. The Morgan fingerprint density at radius 3 is 1.65 bits per heavy atom. The van der Waals surface area contributed by atoms with Gasteiger partial charge in [-0.25, -0.2) is 0 Å². The molecule has 0 aromatic carbocycles. The van der Waals surface area contributed by atoms with Gasteiger partial charge in [-0.1, -0.05) is 167 Å². The van der Waals surface area contributed by atoms with Crippen LogP contribution in [0.15, 0.2) is 24.3 Å². The monoisotopic (exact) mass is 726 g/mol. The Morgan fingerprint density at radius 1 is 0.647 bits per heavy atom. The number of carbonyl (C=O) groups excluding carboxylic acids is 1. The van der Waals surface area contributed by atoms with Crippen LogP contribution in [0.2, 0.25) is 0 Å². The van der Waals surface area contributed by atoms with E-state index in [-0.39, 0.29) is 12.5 Å². The molecule has 0 bridgehead atoms. The molecule has 0 aromatic rings. The van der Waals surface area contributed by atoms with Crippen molar-refractivity contribution in [3.05, 3.63) is 24.3 Å². The third-order valence-corrected chi connectivity index (χ3v) is 10.0. The molecule has 0 saturated carbocycles. The van der Waals surface area contributed by atoms with Crippen molar-refractivity contribution in [3.8, 4) is 0 Å². The normalized spacial score (nSPS) is 22.2. The minimum absolute atomic E-state index is 0.188. The second kappa shape index (κ2) is 33.3. The third kappa shape index (κ3) is 24.6. The molecule has 1 aliphatic rings. The first-order chi connectivity index (χ1) is 24.8. The standard InChI is InChI=1S/C42H79NO8/c1-3-5-7-9-11-13-15-17-18-19-20-21-23-25-27-29-31-36(45)35(34-50-42-41(49)40(48)39(47)37(33-44)51-42)43-38(46)32-30-28-26-24-22-16-14-12-10-8-6-4-2/h21,23,29,31,35-37,39-42,44-45,47-49H,3-20,22,24-28,30,32-34H2,1-2H3,(H,43,46)/b23-21+,31-29+/t35-,36+,37+,39+,40?,41?,42+/m0/s1. The van der Waals surface area contributed by atoms with Gasteiger partial charge in [0, 0.05) is 6.42 Å². The molecule has 300 valence electrons. The highest BCUT2D eigenvalue weighted by Gasteiger charge is 2.44. The first kappa shape index (κ1) is 47.7. The zero-order chi connectivity index (χ0) is 37.4. The van der Waals surface area contributed by atoms with E-state index in [1.165, 1.54) is 122 Å². The van der Waals surface area contributed by atoms with Gasteiger partial charge in [0.05, 0.1) is 25.4 Å². The molecule has 7 atom stereocenters. The minimum atomic E-state index is -1.57. The van der Waals surface area contributed by atoms with Crippen LogP contribution in [0, 0.1) is 0 Å². The van der Waals surface area contributed by atoms with Crippen LogP contribution >= 0.6 is 0 Å². The molecule has 0 spiro atoms. The maximum absolute atomic E-state index is 12.9. The van der Waals surface area contributed by atoms with Gasteiger partial charge < -0.3 is 40.3 Å². The lowest BCUT2D eigenvalue weighted by molar-refractivity contribution is -0.302. The SMILES string of the molecule is CCCCCCCCCCCC/C=C/CC/C=C/[C@@H](O)[C@H](CO[C@@H]1O[C@H](CO)[C@@H](O)C(O)C1O)NC(=O)CCCCCCCCCCCCCC. The van der Waals surface area contributed by atoms with Crippen molar-refractivity contribution < 1.29 is 39.8 Å². The largest absolute Gasteiger partial charge is 0.394 e. The molecule has 1 fully saturated rings. The van der Waals surface area contributed by atoms with E-state index in [1.54, 1.807) is 6.08 Å². The van der Waals surface area contributed by atoms with Crippen molar-refractivity contribution in [2.45, 2.75) is 224 Å². The summed E-state index contributed by atoms with van der Waals surface area (Å²) in [6.45, 7) is 3.74. The van der Waals surface area contributed by atoms with Gasteiger partial charge in [-0.2, -0.15) is 0 Å². The maximum Gasteiger partial charge on any atom is 0.220 e. The predicted molar refractivity (Wildman–Crippen MR) is 207 cm³/mol. The Bertz CT molecular complexity index is 853. The summed E-state index contributed by atoms with van der Waals surface area (Å²) in [5.41, 5.74) is 0. The summed E-state index contributed by atoms with van der Waals surface area (Å²) >= 11 is 0. The molecule has 2 unspecified atom stereocenters. The topological polar surface area (TPSA) is 149 Å². The van der Waals surface area contributed by atoms with Gasteiger partial charge in [0.25, 0.3) is 0 Å². The number of rotatable bonds is 34. The minimum Gasteiger partial charge on any atom is -0.394 e. The fourth-order valence-corrected chi connectivity index (χ4v) is 6.58. The number of nitrogens with one attached hydrogen (secondary N) is 1. The van der Waals surface area contributed by atoms with Crippen LogP contribution in [0.25, 0.3) is 0 Å². The van der Waals surface area contributed by atoms with E-state index in [2.05, 4.69) is 31.3 Å². The van der Waals surface area contributed by atoms with Crippen LogP contribution in [0.3, 0.4) is 0 Å². The average Bonchev–Trinajstić information content (AvgIpc) is 3.13. The highest BCUT2D eigenvalue weighted by Crippen LogP contribution is 2.22. The lowest BCUT2D eigenvalue weighted by Crippen LogP contribution is -2.60. The van der Waals surface area contributed by atoms with Gasteiger partial charge in [0.2, 0.25) is 5.91 Å². The molecule has 1 aliphatic heterocycles. The van der Waals surface area contributed by atoms with E-state index >= 15 is 0 Å².